The van der Waals surface area contributed by atoms with E-state index in [9.17, 15) is 35.9 Å². The van der Waals surface area contributed by atoms with Crippen LogP contribution in [0.5, 0.6) is 0 Å². The molecule has 1 fully saturated rings. The Morgan fingerprint density at radius 1 is 1.11 bits per heavy atom. The van der Waals surface area contributed by atoms with Gasteiger partial charge in [0.1, 0.15) is 11.6 Å². The summed E-state index contributed by atoms with van der Waals surface area (Å²) in [6, 6.07) is 6.01. The standard InChI is InChI=1S/C33H32F6N4O2S/c1-4-26(44)43-18(2)14-41(15-19(43)3)30-24-13-25(33(37,38)39)27(21-9-11-32(35,36)12-10-21)29-28(24)42(31(45)40-30)16-22(17-46-29)20-5-7-23(34)8-6-20/h4-9,13,18-19,22H,1,10-12,14-17H2,2-3H3. The number of anilines is 1. The summed E-state index contributed by atoms with van der Waals surface area (Å²) in [7, 11) is 0. The molecular weight excluding hydrogens is 630 g/mol. The minimum absolute atomic E-state index is 0.0731. The molecule has 3 unspecified atom stereocenters. The van der Waals surface area contributed by atoms with Crippen LogP contribution in [0.3, 0.4) is 0 Å². The number of rotatable bonds is 4. The molecular formula is C33H32F6N4O2S. The van der Waals surface area contributed by atoms with Crippen LogP contribution >= 0.6 is 11.8 Å². The smallest absolute Gasteiger partial charge is 0.352 e. The van der Waals surface area contributed by atoms with Crippen molar-refractivity contribution in [3.63, 3.8) is 0 Å². The zero-order valence-electron chi connectivity index (χ0n) is 25.2. The van der Waals surface area contributed by atoms with Crippen LogP contribution in [0.25, 0.3) is 16.5 Å². The number of benzene rings is 2. The van der Waals surface area contributed by atoms with Gasteiger partial charge in [-0.1, -0.05) is 24.8 Å². The number of hydrogen-bond acceptors (Lipinski definition) is 5. The van der Waals surface area contributed by atoms with Gasteiger partial charge in [-0.05, 0) is 55.7 Å². The van der Waals surface area contributed by atoms with Crippen LogP contribution in [-0.2, 0) is 17.5 Å². The first-order valence-corrected chi connectivity index (χ1v) is 16.0. The van der Waals surface area contributed by atoms with Crippen LogP contribution < -0.4 is 10.6 Å². The highest BCUT2D eigenvalue weighted by Crippen LogP contribution is 2.50. The van der Waals surface area contributed by atoms with Crippen molar-refractivity contribution in [3.8, 4) is 0 Å². The maximum Gasteiger partial charge on any atom is 0.417 e. The van der Waals surface area contributed by atoms with Crippen molar-refractivity contribution in [1.82, 2.24) is 14.5 Å². The fourth-order valence-electron chi connectivity index (χ4n) is 6.94. The number of piperazine rings is 1. The number of aromatic nitrogens is 2. The van der Waals surface area contributed by atoms with Gasteiger partial charge in [-0.15, -0.1) is 11.8 Å². The van der Waals surface area contributed by atoms with Gasteiger partial charge in [-0.25, -0.2) is 18.0 Å². The molecule has 2 aliphatic heterocycles. The van der Waals surface area contributed by atoms with Crippen molar-refractivity contribution in [2.45, 2.75) is 74.7 Å². The first-order valence-electron chi connectivity index (χ1n) is 15.0. The molecule has 46 heavy (non-hydrogen) atoms. The summed E-state index contributed by atoms with van der Waals surface area (Å²) in [5, 5.41) is 0.113. The minimum Gasteiger partial charge on any atom is -0.352 e. The lowest BCUT2D eigenvalue weighted by Gasteiger charge is -2.44. The van der Waals surface area contributed by atoms with Crippen LogP contribution in [0.4, 0.5) is 32.2 Å². The number of halogens is 6. The highest BCUT2D eigenvalue weighted by molar-refractivity contribution is 7.99. The zero-order valence-corrected chi connectivity index (χ0v) is 26.0. The van der Waals surface area contributed by atoms with Gasteiger partial charge >= 0.3 is 11.9 Å². The van der Waals surface area contributed by atoms with Crippen LogP contribution in [0.2, 0.25) is 0 Å². The molecule has 0 radical (unpaired) electrons. The summed E-state index contributed by atoms with van der Waals surface area (Å²) in [6.45, 7) is 7.67. The van der Waals surface area contributed by atoms with E-state index in [1.807, 2.05) is 0 Å². The molecule has 13 heteroatoms. The van der Waals surface area contributed by atoms with Crippen molar-refractivity contribution in [1.29, 1.82) is 0 Å². The molecule has 0 bridgehead atoms. The summed E-state index contributed by atoms with van der Waals surface area (Å²) in [4.78, 5) is 34.3. The summed E-state index contributed by atoms with van der Waals surface area (Å²) in [5.74, 6) is -3.80. The maximum atomic E-state index is 15.0. The molecule has 3 aliphatic rings. The minimum atomic E-state index is -4.85. The van der Waals surface area contributed by atoms with Crippen molar-refractivity contribution in [3.05, 3.63) is 82.1 Å². The Bertz CT molecular complexity index is 1790. The van der Waals surface area contributed by atoms with E-state index in [2.05, 4.69) is 11.6 Å². The molecule has 3 atom stereocenters. The Labute approximate surface area is 265 Å². The van der Waals surface area contributed by atoms with Crippen molar-refractivity contribution >= 4 is 40.0 Å². The lowest BCUT2D eigenvalue weighted by atomic mass is 9.87. The number of carbonyl (C=O) groups excluding carboxylic acids is 1. The number of carbonyl (C=O) groups is 1. The molecule has 6 nitrogen and oxygen atoms in total. The third kappa shape index (κ3) is 5.82. The zero-order chi connectivity index (χ0) is 33.1. The van der Waals surface area contributed by atoms with Gasteiger partial charge < -0.3 is 9.80 Å². The summed E-state index contributed by atoms with van der Waals surface area (Å²) in [6.07, 6.45) is -3.98. The molecule has 1 aliphatic carbocycles. The van der Waals surface area contributed by atoms with Gasteiger partial charge in [0, 0.05) is 72.1 Å². The van der Waals surface area contributed by atoms with E-state index in [4.69, 9.17) is 0 Å². The second-order valence-electron chi connectivity index (χ2n) is 12.3. The molecule has 6 rings (SSSR count). The Balaban J connectivity index is 1.60. The fourth-order valence-corrected chi connectivity index (χ4v) is 8.34. The number of allylic oxidation sites excluding steroid dienone is 2. The highest BCUT2D eigenvalue weighted by Gasteiger charge is 2.41. The number of amides is 1. The number of hydrogen-bond donors (Lipinski definition) is 0. The molecule has 0 N–H and O–H groups in total. The lowest BCUT2D eigenvalue weighted by Crippen LogP contribution is -2.58. The lowest BCUT2D eigenvalue weighted by molar-refractivity contribution is -0.138. The van der Waals surface area contributed by atoms with Crippen molar-refractivity contribution in [2.24, 2.45) is 0 Å². The molecule has 1 amide bonds. The first kappa shape index (κ1) is 32.2. The maximum absolute atomic E-state index is 15.0. The molecule has 3 aromatic rings. The van der Waals surface area contributed by atoms with E-state index >= 15 is 0 Å². The third-order valence-corrected chi connectivity index (χ3v) is 10.3. The summed E-state index contributed by atoms with van der Waals surface area (Å²) < 4.78 is 88.4. The Hall–Kier alpha value is -3.74. The van der Waals surface area contributed by atoms with Crippen LogP contribution in [0.15, 0.2) is 58.8 Å². The van der Waals surface area contributed by atoms with Crippen LogP contribution in [0, 0.1) is 5.82 Å². The van der Waals surface area contributed by atoms with Gasteiger partial charge in [0.2, 0.25) is 5.91 Å². The van der Waals surface area contributed by atoms with Gasteiger partial charge in [-0.3, -0.25) is 9.36 Å². The van der Waals surface area contributed by atoms with Gasteiger partial charge in [-0.2, -0.15) is 18.2 Å². The van der Waals surface area contributed by atoms with E-state index in [1.165, 1.54) is 28.9 Å². The van der Waals surface area contributed by atoms with E-state index in [-0.39, 0.29) is 88.5 Å². The Kier molecular flexibility index (Phi) is 8.27. The quantitative estimate of drug-likeness (QED) is 0.218. The van der Waals surface area contributed by atoms with Gasteiger partial charge in [0.05, 0.1) is 11.1 Å². The number of alkyl halides is 5. The van der Waals surface area contributed by atoms with E-state index in [0.29, 0.717) is 5.56 Å². The Morgan fingerprint density at radius 2 is 1.78 bits per heavy atom. The van der Waals surface area contributed by atoms with Crippen LogP contribution in [0.1, 0.15) is 55.7 Å². The van der Waals surface area contributed by atoms with Crippen LogP contribution in [-0.4, -0.2) is 57.2 Å². The molecule has 1 aromatic heterocycles. The number of thioether (sulfide) groups is 1. The molecule has 1 saturated heterocycles. The highest BCUT2D eigenvalue weighted by atomic mass is 32.2. The molecule has 0 spiro atoms. The normalized spacial score (nSPS) is 23.2. The molecule has 244 valence electrons. The predicted octanol–water partition coefficient (Wildman–Crippen LogP) is 7.26. The summed E-state index contributed by atoms with van der Waals surface area (Å²) >= 11 is 1.14. The largest absolute Gasteiger partial charge is 0.417 e. The van der Waals surface area contributed by atoms with Crippen molar-refractivity contribution < 1.29 is 31.1 Å². The molecule has 3 heterocycles. The average molecular weight is 663 g/mol. The van der Waals surface area contributed by atoms with Crippen molar-refractivity contribution in [2.75, 3.05) is 23.7 Å². The van der Waals surface area contributed by atoms with E-state index in [0.717, 1.165) is 17.8 Å². The SMILES string of the molecule is C=CC(=O)N1C(C)CN(c2nc(=O)n3c4c(c(C5=CCC(F)(F)CC5)c(C(F)(F)F)cc24)SCC(c2ccc(F)cc2)C3)CC1C. The van der Waals surface area contributed by atoms with E-state index < -0.39 is 42.0 Å². The second kappa shape index (κ2) is 11.8. The average Bonchev–Trinajstić information content (AvgIpc) is 3.19. The van der Waals surface area contributed by atoms with Gasteiger partial charge in [0.15, 0.2) is 0 Å². The second-order valence-corrected chi connectivity index (χ2v) is 13.3. The molecule has 2 aromatic carbocycles. The molecule has 0 saturated carbocycles. The van der Waals surface area contributed by atoms with E-state index in [1.54, 1.807) is 35.8 Å². The number of nitrogens with zero attached hydrogens (tertiary/aromatic N) is 4. The summed E-state index contributed by atoms with van der Waals surface area (Å²) in [5.41, 5.74) is -0.707. The first-order chi connectivity index (χ1) is 21.7. The fraction of sp³-hybridized carbons (Fsp3) is 0.424. The van der Waals surface area contributed by atoms with Gasteiger partial charge in [0.25, 0.3) is 5.92 Å². The predicted molar refractivity (Wildman–Crippen MR) is 166 cm³/mol. The topological polar surface area (TPSA) is 58.4 Å². The Morgan fingerprint density at radius 3 is 2.37 bits per heavy atom. The monoisotopic (exact) mass is 662 g/mol. The third-order valence-electron chi connectivity index (χ3n) is 9.05.